The van der Waals surface area contributed by atoms with Gasteiger partial charge in [0.05, 0.1) is 34.1 Å². The van der Waals surface area contributed by atoms with Gasteiger partial charge in [0.15, 0.2) is 0 Å². The number of esters is 1. The first kappa shape index (κ1) is 22.8. The second-order valence-electron chi connectivity index (χ2n) is 6.63. The highest BCUT2D eigenvalue weighted by Gasteiger charge is 2.23. The molecule has 30 heavy (non-hydrogen) atoms. The largest absolute Gasteiger partial charge is 0.507 e. The van der Waals surface area contributed by atoms with Crippen LogP contribution >= 0.6 is 0 Å². The van der Waals surface area contributed by atoms with E-state index in [2.05, 4.69) is 11.6 Å². The Morgan fingerprint density at radius 3 is 2.40 bits per heavy atom. The summed E-state index contributed by atoms with van der Waals surface area (Å²) in [4.78, 5) is 16.8. The van der Waals surface area contributed by atoms with Crippen LogP contribution in [0.15, 0.2) is 30.4 Å². The number of aromatic nitrogens is 1. The van der Waals surface area contributed by atoms with E-state index >= 15 is 0 Å². The Hall–Kier alpha value is -3.48. The van der Waals surface area contributed by atoms with E-state index in [1.807, 2.05) is 6.92 Å². The third-order valence-electron chi connectivity index (χ3n) is 4.48. The number of hydrogen-bond acceptors (Lipinski definition) is 7. The quantitative estimate of drug-likeness (QED) is 0.485. The summed E-state index contributed by atoms with van der Waals surface area (Å²) >= 11 is 0. The molecule has 0 aliphatic rings. The minimum Gasteiger partial charge on any atom is -0.507 e. The van der Waals surface area contributed by atoms with Gasteiger partial charge in [0.25, 0.3) is 0 Å². The molecule has 1 N–H and O–H groups in total. The van der Waals surface area contributed by atoms with Crippen molar-refractivity contribution in [2.24, 2.45) is 0 Å². The molecule has 2 rings (SSSR count). The minimum atomic E-state index is -0.650. The maximum Gasteiger partial charge on any atom is 0.342 e. The van der Waals surface area contributed by atoms with Gasteiger partial charge >= 0.3 is 5.97 Å². The molecule has 0 saturated heterocycles. The zero-order chi connectivity index (χ0) is 22.3. The first-order valence-corrected chi connectivity index (χ1v) is 9.28. The number of nitrogens with zero attached hydrogens (tertiary/aromatic N) is 1. The van der Waals surface area contributed by atoms with Crippen LogP contribution in [0.4, 0.5) is 0 Å². The zero-order valence-electron chi connectivity index (χ0n) is 17.9. The summed E-state index contributed by atoms with van der Waals surface area (Å²) in [7, 11) is 5.84. The Bertz CT molecular complexity index is 942. The maximum atomic E-state index is 12.4. The van der Waals surface area contributed by atoms with Gasteiger partial charge in [-0.25, -0.2) is 9.78 Å². The van der Waals surface area contributed by atoms with Crippen LogP contribution < -0.4 is 14.2 Å². The number of carbonyl (C=O) groups is 1. The van der Waals surface area contributed by atoms with Gasteiger partial charge in [0.1, 0.15) is 22.8 Å². The summed E-state index contributed by atoms with van der Waals surface area (Å²) < 4.78 is 20.8. The van der Waals surface area contributed by atoms with Crippen molar-refractivity contribution in [3.63, 3.8) is 0 Å². The third-order valence-corrected chi connectivity index (χ3v) is 4.48. The first-order chi connectivity index (χ1) is 14.3. The van der Waals surface area contributed by atoms with Crippen LogP contribution in [0.25, 0.3) is 12.2 Å². The average Bonchev–Trinajstić information content (AvgIpc) is 2.75. The number of hydrogen-bond donors (Lipinski definition) is 1. The molecule has 0 amide bonds. The first-order valence-electron chi connectivity index (χ1n) is 9.28. The van der Waals surface area contributed by atoms with Crippen molar-refractivity contribution < 1.29 is 28.8 Å². The number of allylic oxidation sites excluding steroid dienone is 1. The Morgan fingerprint density at radius 2 is 1.83 bits per heavy atom. The van der Waals surface area contributed by atoms with E-state index < -0.39 is 5.97 Å². The number of phenols is 1. The Kier molecular flexibility index (Phi) is 7.86. The van der Waals surface area contributed by atoms with Crippen LogP contribution in [-0.4, -0.2) is 44.5 Å². The van der Waals surface area contributed by atoms with E-state index in [-0.39, 0.29) is 11.3 Å². The lowest BCUT2D eigenvalue weighted by atomic mass is 9.96. The van der Waals surface area contributed by atoms with E-state index in [9.17, 15) is 9.90 Å². The smallest absolute Gasteiger partial charge is 0.342 e. The summed E-state index contributed by atoms with van der Waals surface area (Å²) in [5.41, 5.74) is 2.52. The highest BCUT2D eigenvalue weighted by atomic mass is 16.5. The molecule has 0 aliphatic heterocycles. The van der Waals surface area contributed by atoms with Gasteiger partial charge in [0.2, 0.25) is 5.88 Å². The van der Waals surface area contributed by atoms with Gasteiger partial charge in [-0.05, 0) is 37.5 Å². The lowest BCUT2D eigenvalue weighted by Gasteiger charge is -2.16. The Labute approximate surface area is 176 Å². The van der Waals surface area contributed by atoms with E-state index in [1.165, 1.54) is 21.3 Å². The topological polar surface area (TPSA) is 87.1 Å². The monoisotopic (exact) mass is 413 g/mol. The van der Waals surface area contributed by atoms with Crippen LogP contribution in [0, 0.1) is 0 Å². The standard InChI is InChI=1S/C23H27NO6/c1-14(2)7-10-18-19(28-4)11-15(21(22(18)25)23(26)30-6)8-9-16-12-17(27-3)13-20(24-16)29-5/h8-9,11-13,25H,1,7,10H2,2-6H3/b9-8+. The van der Waals surface area contributed by atoms with E-state index in [4.69, 9.17) is 18.9 Å². The lowest BCUT2D eigenvalue weighted by Crippen LogP contribution is -2.07. The molecule has 1 heterocycles. The normalized spacial score (nSPS) is 10.7. The van der Waals surface area contributed by atoms with Crippen molar-refractivity contribution >= 4 is 18.1 Å². The van der Waals surface area contributed by atoms with Crippen molar-refractivity contribution in [1.29, 1.82) is 0 Å². The molecule has 2 aromatic rings. The number of benzene rings is 1. The average molecular weight is 413 g/mol. The van der Waals surface area contributed by atoms with Crippen molar-refractivity contribution in [2.45, 2.75) is 19.8 Å². The predicted octanol–water partition coefficient (Wildman–Crippen LogP) is 4.28. The molecule has 0 bridgehead atoms. The van der Waals surface area contributed by atoms with Crippen LogP contribution in [0.5, 0.6) is 23.1 Å². The second kappa shape index (κ2) is 10.3. The molecule has 1 aromatic carbocycles. The van der Waals surface area contributed by atoms with Crippen molar-refractivity contribution in [2.75, 3.05) is 28.4 Å². The van der Waals surface area contributed by atoms with E-state index in [0.717, 1.165) is 5.57 Å². The van der Waals surface area contributed by atoms with Crippen molar-refractivity contribution in [3.8, 4) is 23.1 Å². The number of pyridine rings is 1. The van der Waals surface area contributed by atoms with Crippen molar-refractivity contribution in [3.05, 3.63) is 52.7 Å². The molecule has 1 aromatic heterocycles. The van der Waals surface area contributed by atoms with E-state index in [0.29, 0.717) is 47.0 Å². The number of ether oxygens (including phenoxy) is 4. The third kappa shape index (κ3) is 5.31. The van der Waals surface area contributed by atoms with Crippen LogP contribution in [-0.2, 0) is 11.2 Å². The van der Waals surface area contributed by atoms with E-state index in [1.54, 1.807) is 37.5 Å². The number of carbonyl (C=O) groups excluding carboxylic acids is 1. The number of rotatable bonds is 9. The zero-order valence-corrected chi connectivity index (χ0v) is 17.9. The molecule has 7 heteroatoms. The van der Waals surface area contributed by atoms with Crippen molar-refractivity contribution in [1.82, 2.24) is 4.98 Å². The molecular weight excluding hydrogens is 386 g/mol. The highest BCUT2D eigenvalue weighted by Crippen LogP contribution is 2.37. The summed E-state index contributed by atoms with van der Waals surface area (Å²) in [6, 6.07) is 5.06. The summed E-state index contributed by atoms with van der Waals surface area (Å²) in [5.74, 6) is 0.612. The molecule has 0 saturated carbocycles. The van der Waals surface area contributed by atoms with Gasteiger partial charge in [-0.15, -0.1) is 6.58 Å². The Morgan fingerprint density at radius 1 is 1.10 bits per heavy atom. The van der Waals surface area contributed by atoms with Crippen LogP contribution in [0.2, 0.25) is 0 Å². The molecule has 7 nitrogen and oxygen atoms in total. The fraction of sp³-hybridized carbons (Fsp3) is 0.304. The second-order valence-corrected chi connectivity index (χ2v) is 6.63. The molecule has 0 fully saturated rings. The summed E-state index contributed by atoms with van der Waals surface area (Å²) in [6.45, 7) is 5.79. The van der Waals surface area contributed by atoms with Gasteiger partial charge in [-0.2, -0.15) is 0 Å². The molecule has 0 unspecified atom stereocenters. The summed E-state index contributed by atoms with van der Waals surface area (Å²) in [6.07, 6.45) is 4.46. The lowest BCUT2D eigenvalue weighted by molar-refractivity contribution is 0.0597. The maximum absolute atomic E-state index is 12.4. The Balaban J connectivity index is 2.58. The molecule has 0 atom stereocenters. The molecule has 160 valence electrons. The predicted molar refractivity (Wildman–Crippen MR) is 115 cm³/mol. The fourth-order valence-electron chi connectivity index (χ4n) is 2.90. The molecule has 0 aliphatic carbocycles. The minimum absolute atomic E-state index is 0.0566. The molecule has 0 radical (unpaired) electrons. The molecular formula is C23H27NO6. The van der Waals surface area contributed by atoms with Gasteiger partial charge < -0.3 is 24.1 Å². The van der Waals surface area contributed by atoms with Crippen LogP contribution in [0.1, 0.15) is 40.5 Å². The summed E-state index contributed by atoms with van der Waals surface area (Å²) in [5, 5.41) is 10.9. The fourth-order valence-corrected chi connectivity index (χ4v) is 2.90. The number of aromatic hydroxyl groups is 1. The van der Waals surface area contributed by atoms with Gasteiger partial charge in [-0.1, -0.05) is 11.6 Å². The van der Waals surface area contributed by atoms with Crippen LogP contribution in [0.3, 0.4) is 0 Å². The van der Waals surface area contributed by atoms with Gasteiger partial charge in [0, 0.05) is 17.7 Å². The SMILES string of the molecule is C=C(C)CCc1c(OC)cc(/C=C/c2cc(OC)cc(OC)n2)c(C(=O)OC)c1O. The van der Waals surface area contributed by atoms with Gasteiger partial charge in [-0.3, -0.25) is 0 Å². The molecule has 0 spiro atoms. The number of phenolic OH excluding ortho intramolecular Hbond substituents is 1. The number of methoxy groups -OCH3 is 4. The highest BCUT2D eigenvalue weighted by molar-refractivity contribution is 5.98.